The minimum Gasteiger partial charge on any atom is -0.481 e. The minimum atomic E-state index is -0.845. The number of rotatable bonds is 9. The highest BCUT2D eigenvalue weighted by Crippen LogP contribution is 2.48. The van der Waals surface area contributed by atoms with Gasteiger partial charge in [0.2, 0.25) is 5.69 Å². The number of para-hydroxylation sites is 2. The summed E-state index contributed by atoms with van der Waals surface area (Å²) in [6, 6.07) is 16.5. The first-order valence-corrected chi connectivity index (χ1v) is 14.2. The molecule has 198 valence electrons. The fraction of sp³-hybridized carbons (Fsp3) is 0.387. The molecule has 7 heteroatoms. The first-order valence-electron chi connectivity index (χ1n) is 13.4. The number of carbonyl (C=O) groups excluding carboxylic acids is 1. The molecule has 2 N–H and O–H groups in total. The maximum atomic E-state index is 13.4. The van der Waals surface area contributed by atoms with E-state index in [1.807, 2.05) is 36.4 Å². The lowest BCUT2D eigenvalue weighted by atomic mass is 9.72. The van der Waals surface area contributed by atoms with Crippen molar-refractivity contribution >= 4 is 40.6 Å². The van der Waals surface area contributed by atoms with E-state index < -0.39 is 18.0 Å². The molecule has 1 saturated carbocycles. The van der Waals surface area contributed by atoms with E-state index in [2.05, 4.69) is 54.5 Å². The van der Waals surface area contributed by atoms with E-state index in [1.54, 1.807) is 11.8 Å². The molecule has 6 nitrogen and oxygen atoms in total. The Kier molecular flexibility index (Phi) is 7.34. The molecule has 2 heterocycles. The molecular weight excluding hydrogens is 496 g/mol. The number of nitrogens with zero attached hydrogens (tertiary/aromatic N) is 2. The lowest BCUT2D eigenvalue weighted by Gasteiger charge is -2.33. The predicted molar refractivity (Wildman–Crippen MR) is 151 cm³/mol. The van der Waals surface area contributed by atoms with E-state index in [0.29, 0.717) is 12.0 Å². The maximum absolute atomic E-state index is 13.4. The van der Waals surface area contributed by atoms with Crippen LogP contribution in [0.25, 0.3) is 0 Å². The third kappa shape index (κ3) is 4.63. The average molecular weight is 532 g/mol. The largest absolute Gasteiger partial charge is 0.481 e. The summed E-state index contributed by atoms with van der Waals surface area (Å²) in [5, 5.41) is 21.1. The summed E-state index contributed by atoms with van der Waals surface area (Å²) in [6.07, 6.45) is 5.49. The van der Waals surface area contributed by atoms with Crippen molar-refractivity contribution in [2.45, 2.75) is 62.9 Å². The highest BCUT2D eigenvalue weighted by Gasteiger charge is 2.49. The molecule has 0 amide bonds. The molecule has 0 spiro atoms. The van der Waals surface area contributed by atoms with Crippen LogP contribution < -0.4 is 4.90 Å². The van der Waals surface area contributed by atoms with Crippen molar-refractivity contribution in [2.75, 3.05) is 18.0 Å². The number of thioether (sulfide) groups is 1. The van der Waals surface area contributed by atoms with Gasteiger partial charge < -0.3 is 15.1 Å². The van der Waals surface area contributed by atoms with Gasteiger partial charge in [-0.25, -0.2) is 0 Å². The molecule has 2 aromatic carbocycles. The second-order valence-electron chi connectivity index (χ2n) is 10.6. The average Bonchev–Trinajstić information content (AvgIpc) is 3.36. The molecular formula is C31H35N2O4S+. The fourth-order valence-corrected chi connectivity index (χ4v) is 6.98. The molecule has 0 bridgehead atoms. The monoisotopic (exact) mass is 531 g/mol. The van der Waals surface area contributed by atoms with Crippen LogP contribution in [0.2, 0.25) is 0 Å². The van der Waals surface area contributed by atoms with Crippen LogP contribution in [-0.2, 0) is 15.0 Å². The van der Waals surface area contributed by atoms with Crippen molar-refractivity contribution in [1.29, 1.82) is 0 Å². The Labute approximate surface area is 228 Å². The number of carboxylic acid groups (broad SMARTS) is 1. The zero-order chi connectivity index (χ0) is 27.0. The number of benzene rings is 2. The van der Waals surface area contributed by atoms with Crippen molar-refractivity contribution in [3.63, 3.8) is 0 Å². The molecule has 5 rings (SSSR count). The number of ketones is 1. The molecule has 1 fully saturated rings. The number of carbonyl (C=O) groups is 2. The first kappa shape index (κ1) is 26.4. The van der Waals surface area contributed by atoms with Crippen molar-refractivity contribution < 1.29 is 24.4 Å². The predicted octanol–water partition coefficient (Wildman–Crippen LogP) is 5.67. The second kappa shape index (κ2) is 10.5. The number of allylic oxidation sites excluding steroid dienone is 1. The molecule has 2 aromatic rings. The standard InChI is InChI=1S/C31H34N2O4S/c1-4-32-24-14-9-10-15-25(24)38-27(32)19-21-29(36)20(30(21)37)18-26-31(2,3)22-12-7-8-13-23(22)33(26)17-11-5-6-16-28(34)35/h7-10,12-15,18-19,21,29,36H,4-6,11,16-17H2,1-3H3/p+1. The van der Waals surface area contributed by atoms with Gasteiger partial charge in [0.15, 0.2) is 11.5 Å². The van der Waals surface area contributed by atoms with Crippen molar-refractivity contribution in [2.24, 2.45) is 5.92 Å². The van der Waals surface area contributed by atoms with Gasteiger partial charge in [0, 0.05) is 47.6 Å². The normalized spacial score (nSPS) is 23.7. The van der Waals surface area contributed by atoms with Gasteiger partial charge in [-0.3, -0.25) is 9.59 Å². The van der Waals surface area contributed by atoms with Crippen molar-refractivity contribution in [3.05, 3.63) is 76.8 Å². The number of aliphatic hydroxyl groups excluding tert-OH is 1. The summed E-state index contributed by atoms with van der Waals surface area (Å²) >= 11 is 1.65. The van der Waals surface area contributed by atoms with E-state index >= 15 is 0 Å². The molecule has 3 aliphatic rings. The van der Waals surface area contributed by atoms with Crippen molar-refractivity contribution in [1.82, 2.24) is 0 Å². The van der Waals surface area contributed by atoms with Crippen LogP contribution in [0.4, 0.5) is 11.4 Å². The van der Waals surface area contributed by atoms with E-state index in [1.165, 1.54) is 5.56 Å². The van der Waals surface area contributed by atoms with E-state index in [0.717, 1.165) is 52.9 Å². The lowest BCUT2D eigenvalue weighted by molar-refractivity contribution is -0.438. The van der Waals surface area contributed by atoms with Crippen LogP contribution in [0, 0.1) is 5.92 Å². The topological polar surface area (TPSA) is 80.9 Å². The molecule has 2 unspecified atom stereocenters. The molecule has 38 heavy (non-hydrogen) atoms. The SMILES string of the molecule is CCN1C(=CC2C(=O)C(=CC3=[N+](CCCCCC(=O)O)c4ccccc4C3(C)C)C2O)Sc2ccccc21. The van der Waals surface area contributed by atoms with Gasteiger partial charge in [-0.15, -0.1) is 0 Å². The number of carboxylic acids is 1. The maximum Gasteiger partial charge on any atom is 0.303 e. The van der Waals surface area contributed by atoms with E-state index in [-0.39, 0.29) is 17.6 Å². The summed E-state index contributed by atoms with van der Waals surface area (Å²) in [5.74, 6) is -1.35. The van der Waals surface area contributed by atoms with Crippen LogP contribution >= 0.6 is 11.8 Å². The fourth-order valence-electron chi connectivity index (χ4n) is 5.77. The Morgan fingerprint density at radius 3 is 2.58 bits per heavy atom. The Morgan fingerprint density at radius 1 is 1.11 bits per heavy atom. The van der Waals surface area contributed by atoms with Gasteiger partial charge >= 0.3 is 5.97 Å². The summed E-state index contributed by atoms with van der Waals surface area (Å²) in [7, 11) is 0. The van der Waals surface area contributed by atoms with E-state index in [9.17, 15) is 14.7 Å². The summed E-state index contributed by atoms with van der Waals surface area (Å²) < 4.78 is 2.25. The highest BCUT2D eigenvalue weighted by molar-refractivity contribution is 8.03. The molecule has 2 aliphatic heterocycles. The van der Waals surface area contributed by atoms with Gasteiger partial charge in [-0.05, 0) is 51.8 Å². The Balaban J connectivity index is 1.40. The smallest absolute Gasteiger partial charge is 0.303 e. The Bertz CT molecular complexity index is 1370. The number of anilines is 1. The number of unbranched alkanes of at least 4 members (excludes halogenated alkanes) is 2. The van der Waals surface area contributed by atoms with Crippen molar-refractivity contribution in [3.8, 4) is 0 Å². The quantitative estimate of drug-likeness (QED) is 0.247. The molecule has 0 radical (unpaired) electrons. The zero-order valence-electron chi connectivity index (χ0n) is 22.2. The summed E-state index contributed by atoms with van der Waals surface area (Å²) in [5.41, 5.74) is 4.59. The summed E-state index contributed by atoms with van der Waals surface area (Å²) in [4.78, 5) is 27.6. The minimum absolute atomic E-state index is 0.0294. The number of Topliss-reactive ketones (excluding diaryl/α,β-unsaturated/α-hetero) is 1. The first-order chi connectivity index (χ1) is 18.2. The summed E-state index contributed by atoms with van der Waals surface area (Å²) in [6.45, 7) is 7.93. The Hall–Kier alpha value is -3.16. The van der Waals surface area contributed by atoms with Crippen LogP contribution in [0.15, 0.2) is 76.2 Å². The second-order valence-corrected chi connectivity index (χ2v) is 11.7. The van der Waals surface area contributed by atoms with Gasteiger partial charge in [0.25, 0.3) is 0 Å². The number of aliphatic hydroxyl groups is 1. The van der Waals surface area contributed by atoms with Gasteiger partial charge in [-0.2, -0.15) is 4.58 Å². The zero-order valence-corrected chi connectivity index (χ0v) is 23.0. The number of aliphatic carboxylic acids is 1. The molecule has 1 aliphatic carbocycles. The molecule has 0 aromatic heterocycles. The lowest BCUT2D eigenvalue weighted by Crippen LogP contribution is -2.45. The van der Waals surface area contributed by atoms with Crippen LogP contribution in [-0.4, -0.2) is 51.4 Å². The van der Waals surface area contributed by atoms with Gasteiger partial charge in [-0.1, -0.05) is 42.1 Å². The van der Waals surface area contributed by atoms with E-state index in [4.69, 9.17) is 5.11 Å². The number of hydrogen-bond donors (Lipinski definition) is 2. The third-order valence-electron chi connectivity index (χ3n) is 7.88. The highest BCUT2D eigenvalue weighted by atomic mass is 32.2. The third-order valence-corrected chi connectivity index (χ3v) is 9.02. The van der Waals surface area contributed by atoms with Crippen LogP contribution in [0.3, 0.4) is 0 Å². The van der Waals surface area contributed by atoms with Gasteiger partial charge in [0.05, 0.1) is 28.2 Å². The number of hydrogen-bond acceptors (Lipinski definition) is 5. The molecule has 2 atom stereocenters. The van der Waals surface area contributed by atoms with Crippen LogP contribution in [0.5, 0.6) is 0 Å². The van der Waals surface area contributed by atoms with Gasteiger partial charge in [0.1, 0.15) is 6.54 Å². The Morgan fingerprint density at radius 2 is 1.84 bits per heavy atom. The van der Waals surface area contributed by atoms with Crippen LogP contribution in [0.1, 0.15) is 52.0 Å². The molecule has 0 saturated heterocycles. The number of fused-ring (bicyclic) bond motifs is 2.